The first-order chi connectivity index (χ1) is 14.9. The van der Waals surface area contributed by atoms with E-state index >= 15 is 0 Å². The van der Waals surface area contributed by atoms with E-state index in [-0.39, 0.29) is 28.9 Å². The molecule has 1 aromatic heterocycles. The summed E-state index contributed by atoms with van der Waals surface area (Å²) in [7, 11) is 1.79. The van der Waals surface area contributed by atoms with E-state index in [4.69, 9.17) is 0 Å². The monoisotopic (exact) mass is 421 g/mol. The molecule has 2 unspecified atom stereocenters. The maximum atomic E-state index is 13.0. The molecule has 0 aliphatic carbocycles. The molecule has 4 rings (SSSR count). The zero-order chi connectivity index (χ0) is 22.1. The van der Waals surface area contributed by atoms with E-state index in [9.17, 15) is 14.7 Å². The maximum Gasteiger partial charge on any atom is 0.295 e. The van der Waals surface area contributed by atoms with Crippen LogP contribution in [0.4, 0.5) is 5.69 Å². The summed E-state index contributed by atoms with van der Waals surface area (Å²) in [5.41, 5.74) is 9.33. The summed E-state index contributed by atoms with van der Waals surface area (Å²) in [6.07, 6.45) is 1.31. The van der Waals surface area contributed by atoms with Gasteiger partial charge in [-0.2, -0.15) is 0 Å². The zero-order valence-electron chi connectivity index (χ0n) is 17.8. The summed E-state index contributed by atoms with van der Waals surface area (Å²) in [6, 6.07) is 14.1. The SMILES string of the molecule is CCc1ccc(O)c(C2CC(C(=O)Nc3c(C)n(C)n(-c4ccccc4)c3=O)NN2)c1. The highest BCUT2D eigenvalue weighted by atomic mass is 16.3. The Labute approximate surface area is 180 Å². The van der Waals surface area contributed by atoms with Crippen LogP contribution < -0.4 is 21.7 Å². The third-order valence-corrected chi connectivity index (χ3v) is 5.90. The minimum absolute atomic E-state index is 0.196. The van der Waals surface area contributed by atoms with Gasteiger partial charge in [-0.05, 0) is 43.5 Å². The number of aromatic nitrogens is 2. The lowest BCUT2D eigenvalue weighted by atomic mass is 9.98. The molecule has 0 bridgehead atoms. The molecule has 2 atom stereocenters. The number of para-hydroxylation sites is 1. The minimum atomic E-state index is -0.543. The molecular formula is C23H27N5O3. The number of carbonyl (C=O) groups is 1. The smallest absolute Gasteiger partial charge is 0.295 e. The van der Waals surface area contributed by atoms with Crippen molar-refractivity contribution in [1.82, 2.24) is 20.2 Å². The molecule has 0 saturated carbocycles. The van der Waals surface area contributed by atoms with E-state index < -0.39 is 6.04 Å². The number of amides is 1. The number of hydrogen-bond donors (Lipinski definition) is 4. The molecule has 2 heterocycles. The standard InChI is InChI=1S/C23H27N5O3/c1-4-15-10-11-20(29)17(12-15)18-13-19(26-25-18)22(30)24-21-14(2)27(3)28(23(21)31)16-8-6-5-7-9-16/h5-12,18-19,25-26,29H,4,13H2,1-3H3,(H,24,30). The Balaban J connectivity index is 1.53. The lowest BCUT2D eigenvalue weighted by Gasteiger charge is -2.13. The molecule has 8 nitrogen and oxygen atoms in total. The fourth-order valence-electron chi connectivity index (χ4n) is 3.96. The first-order valence-electron chi connectivity index (χ1n) is 10.4. The van der Waals surface area contributed by atoms with Crippen LogP contribution in [0.2, 0.25) is 0 Å². The van der Waals surface area contributed by atoms with Crippen molar-refractivity contribution in [3.63, 3.8) is 0 Å². The molecule has 0 radical (unpaired) electrons. The number of hydrazine groups is 1. The number of aryl methyl sites for hydroxylation is 1. The van der Waals surface area contributed by atoms with E-state index in [1.54, 1.807) is 24.7 Å². The topological polar surface area (TPSA) is 100 Å². The molecule has 162 valence electrons. The van der Waals surface area contributed by atoms with Gasteiger partial charge in [-0.1, -0.05) is 37.3 Å². The van der Waals surface area contributed by atoms with Crippen LogP contribution in [0.15, 0.2) is 53.3 Å². The normalized spacial score (nSPS) is 18.3. The Hall–Kier alpha value is -3.36. The van der Waals surface area contributed by atoms with E-state index in [2.05, 4.69) is 23.1 Å². The zero-order valence-corrected chi connectivity index (χ0v) is 17.8. The van der Waals surface area contributed by atoms with Crippen LogP contribution >= 0.6 is 0 Å². The Kier molecular flexibility index (Phi) is 5.67. The molecule has 31 heavy (non-hydrogen) atoms. The molecule has 1 aliphatic rings. The van der Waals surface area contributed by atoms with Gasteiger partial charge in [0.05, 0.1) is 17.4 Å². The number of phenolic OH excluding ortho intramolecular Hbond substituents is 1. The maximum absolute atomic E-state index is 13.0. The molecule has 0 spiro atoms. The first-order valence-corrected chi connectivity index (χ1v) is 10.4. The number of aromatic hydroxyl groups is 1. The van der Waals surface area contributed by atoms with Gasteiger partial charge in [0, 0.05) is 12.6 Å². The van der Waals surface area contributed by atoms with Gasteiger partial charge < -0.3 is 10.4 Å². The fraction of sp³-hybridized carbons (Fsp3) is 0.304. The van der Waals surface area contributed by atoms with Crippen molar-refractivity contribution < 1.29 is 9.90 Å². The van der Waals surface area contributed by atoms with Gasteiger partial charge in [0.15, 0.2) is 0 Å². The molecule has 4 N–H and O–H groups in total. The summed E-state index contributed by atoms with van der Waals surface area (Å²) in [4.78, 5) is 25.9. The summed E-state index contributed by atoms with van der Waals surface area (Å²) in [5.74, 6) is -0.102. The highest BCUT2D eigenvalue weighted by molar-refractivity contribution is 5.95. The van der Waals surface area contributed by atoms with Crippen molar-refractivity contribution in [1.29, 1.82) is 0 Å². The molecule has 3 aromatic rings. The lowest BCUT2D eigenvalue weighted by molar-refractivity contribution is -0.117. The van der Waals surface area contributed by atoms with E-state index in [0.29, 0.717) is 12.1 Å². The van der Waals surface area contributed by atoms with Gasteiger partial charge in [0.1, 0.15) is 17.5 Å². The molecule has 1 saturated heterocycles. The number of carbonyl (C=O) groups excluding carboxylic acids is 1. The molecular weight excluding hydrogens is 394 g/mol. The second kappa shape index (κ2) is 8.41. The number of rotatable bonds is 5. The fourth-order valence-corrected chi connectivity index (χ4v) is 3.96. The number of nitrogens with one attached hydrogen (secondary N) is 3. The number of hydrogen-bond acceptors (Lipinski definition) is 5. The van der Waals surface area contributed by atoms with Crippen LogP contribution in [0.3, 0.4) is 0 Å². The summed E-state index contributed by atoms with van der Waals surface area (Å²) >= 11 is 0. The van der Waals surface area contributed by atoms with Crippen molar-refractivity contribution >= 4 is 11.6 Å². The number of phenols is 1. The number of nitrogens with zero attached hydrogens (tertiary/aromatic N) is 2. The average molecular weight is 422 g/mol. The van der Waals surface area contributed by atoms with E-state index in [1.165, 1.54) is 4.68 Å². The van der Waals surface area contributed by atoms with Gasteiger partial charge in [0.25, 0.3) is 5.56 Å². The average Bonchev–Trinajstić information content (AvgIpc) is 3.35. The summed E-state index contributed by atoms with van der Waals surface area (Å²) < 4.78 is 3.26. The van der Waals surface area contributed by atoms with Crippen molar-refractivity contribution in [2.24, 2.45) is 7.05 Å². The van der Waals surface area contributed by atoms with E-state index in [1.807, 2.05) is 42.5 Å². The third-order valence-electron chi connectivity index (χ3n) is 5.90. The summed E-state index contributed by atoms with van der Waals surface area (Å²) in [6.45, 7) is 3.85. The van der Waals surface area contributed by atoms with Crippen molar-refractivity contribution in [3.05, 3.63) is 75.7 Å². The van der Waals surface area contributed by atoms with Crippen molar-refractivity contribution in [3.8, 4) is 11.4 Å². The lowest BCUT2D eigenvalue weighted by Crippen LogP contribution is -2.40. The molecule has 1 aliphatic heterocycles. The van der Waals surface area contributed by atoms with Crippen molar-refractivity contribution in [2.45, 2.75) is 38.8 Å². The van der Waals surface area contributed by atoms with Gasteiger partial charge >= 0.3 is 0 Å². The van der Waals surface area contributed by atoms with Gasteiger partial charge in [0.2, 0.25) is 5.91 Å². The van der Waals surface area contributed by atoms with Crippen molar-refractivity contribution in [2.75, 3.05) is 5.32 Å². The first kappa shape index (κ1) is 20.9. The highest BCUT2D eigenvalue weighted by Gasteiger charge is 2.32. The van der Waals surface area contributed by atoms with Crippen LogP contribution in [0.25, 0.3) is 5.69 Å². The second-order valence-electron chi connectivity index (χ2n) is 7.80. The third kappa shape index (κ3) is 3.87. The molecule has 8 heteroatoms. The Morgan fingerprint density at radius 3 is 2.65 bits per heavy atom. The van der Waals surface area contributed by atoms with Crippen LogP contribution in [-0.4, -0.2) is 26.4 Å². The Bertz CT molecular complexity index is 1170. The second-order valence-corrected chi connectivity index (χ2v) is 7.80. The predicted octanol–water partition coefficient (Wildman–Crippen LogP) is 2.30. The number of anilines is 1. The minimum Gasteiger partial charge on any atom is -0.508 e. The Morgan fingerprint density at radius 1 is 1.19 bits per heavy atom. The van der Waals surface area contributed by atoms with Crippen LogP contribution in [0.5, 0.6) is 5.75 Å². The molecule has 1 amide bonds. The molecule has 1 fully saturated rings. The van der Waals surface area contributed by atoms with Crippen LogP contribution in [0.1, 0.15) is 36.2 Å². The van der Waals surface area contributed by atoms with Gasteiger partial charge in [-0.15, -0.1) is 0 Å². The van der Waals surface area contributed by atoms with Gasteiger partial charge in [-0.25, -0.2) is 15.5 Å². The predicted molar refractivity (Wildman–Crippen MR) is 119 cm³/mol. The quantitative estimate of drug-likeness (QED) is 0.507. The number of benzene rings is 2. The van der Waals surface area contributed by atoms with Crippen LogP contribution in [-0.2, 0) is 18.3 Å². The Morgan fingerprint density at radius 2 is 1.94 bits per heavy atom. The summed E-state index contributed by atoms with van der Waals surface area (Å²) in [5, 5.41) is 13.1. The highest BCUT2D eigenvalue weighted by Crippen LogP contribution is 2.31. The van der Waals surface area contributed by atoms with Gasteiger partial charge in [-0.3, -0.25) is 14.3 Å². The van der Waals surface area contributed by atoms with E-state index in [0.717, 1.165) is 23.2 Å². The van der Waals surface area contributed by atoms with Crippen LogP contribution in [0, 0.1) is 6.92 Å². The molecule has 2 aromatic carbocycles. The largest absolute Gasteiger partial charge is 0.508 e.